The molecule has 10 nitrogen and oxygen atoms in total. The minimum absolute atomic E-state index is 0.0232. The minimum Gasteiger partial charge on any atom is -0.496 e. The van der Waals surface area contributed by atoms with Gasteiger partial charge in [-0.25, -0.2) is 0 Å². The van der Waals surface area contributed by atoms with E-state index in [9.17, 15) is 0 Å². The van der Waals surface area contributed by atoms with Gasteiger partial charge in [0.05, 0.1) is 69.0 Å². The van der Waals surface area contributed by atoms with Gasteiger partial charge >= 0.3 is 0 Å². The van der Waals surface area contributed by atoms with Crippen molar-refractivity contribution in [1.82, 2.24) is 0 Å². The maximum absolute atomic E-state index is 8.03. The fourth-order valence-electron chi connectivity index (χ4n) is 10.1. The van der Waals surface area contributed by atoms with Crippen LogP contribution >= 0.6 is 0 Å². The molecule has 14 aliphatic rings. The molecule has 6 aromatic rings. The van der Waals surface area contributed by atoms with E-state index in [0.29, 0.717) is 38.5 Å². The molecule has 0 amide bonds. The summed E-state index contributed by atoms with van der Waals surface area (Å²) in [5, 5.41) is 16.1. The maximum Gasteiger partial charge on any atom is 0.122 e. The van der Waals surface area contributed by atoms with E-state index >= 15 is 0 Å². The largest absolute Gasteiger partial charge is 0.496 e. The second kappa shape index (κ2) is 19.8. The van der Waals surface area contributed by atoms with Crippen molar-refractivity contribution in [3.63, 3.8) is 0 Å². The van der Waals surface area contributed by atoms with Crippen LogP contribution in [0.3, 0.4) is 0 Å². The number of nitrogens with zero attached hydrogens (tertiary/aromatic N) is 2. The number of rotatable bonds is 11. The maximum atomic E-state index is 8.03. The lowest BCUT2D eigenvalue weighted by molar-refractivity contribution is 0.389. The smallest absolute Gasteiger partial charge is 0.122 e. The van der Waals surface area contributed by atoms with Gasteiger partial charge in [0, 0.05) is 83.7 Å². The van der Waals surface area contributed by atoms with Gasteiger partial charge in [-0.1, -0.05) is 36.4 Å². The summed E-state index contributed by atoms with van der Waals surface area (Å²) in [7, 11) is 13.8. The highest BCUT2D eigenvalue weighted by molar-refractivity contribution is 5.71. The zero-order chi connectivity index (χ0) is 46.5. The van der Waals surface area contributed by atoms with Crippen molar-refractivity contribution in [3.05, 3.63) is 163 Å². The van der Waals surface area contributed by atoms with E-state index < -0.39 is 0 Å². The van der Waals surface area contributed by atoms with Gasteiger partial charge in [0.2, 0.25) is 0 Å². The Hall–Kier alpha value is -7.30. The molecule has 0 aromatic heterocycles. The molecule has 0 heterocycles. The molecule has 0 saturated carbocycles. The number of hydrogen-bond donors (Lipinski definition) is 0. The van der Waals surface area contributed by atoms with Gasteiger partial charge in [-0.15, -0.1) is 0 Å². The van der Waals surface area contributed by atoms with Crippen molar-refractivity contribution < 1.29 is 37.9 Å². The van der Waals surface area contributed by atoms with E-state index in [1.165, 1.54) is 33.4 Å². The van der Waals surface area contributed by atoms with E-state index in [1.807, 2.05) is 12.1 Å². The van der Waals surface area contributed by atoms with Crippen LogP contribution in [0.15, 0.2) is 84.9 Å². The molecule has 0 radical (unpaired) electrons. The third kappa shape index (κ3) is 8.40. The molecule has 14 bridgehead atoms. The quantitative estimate of drug-likeness (QED) is 0.116. The van der Waals surface area contributed by atoms with Crippen LogP contribution < -0.4 is 37.9 Å². The van der Waals surface area contributed by atoms with E-state index in [-0.39, 0.29) is 11.8 Å². The Balaban J connectivity index is 0.000000679. The number of benzene rings is 6. The highest BCUT2D eigenvalue weighted by atomic mass is 16.5. The molecule has 0 fully saturated rings. The number of ether oxygens (including phenoxy) is 8. The van der Waals surface area contributed by atoms with Crippen LogP contribution in [0.2, 0.25) is 0 Å². The summed E-state index contributed by atoms with van der Waals surface area (Å²) in [6, 6.07) is 34.6. The molecule has 6 aromatic carbocycles. The molecule has 14 aliphatic carbocycles. The molecule has 2 atom stereocenters. The van der Waals surface area contributed by atoms with Gasteiger partial charge in [-0.2, -0.15) is 10.5 Å². The van der Waals surface area contributed by atoms with E-state index in [4.69, 9.17) is 48.4 Å². The Morgan fingerprint density at radius 3 is 0.818 bits per heavy atom. The Labute approximate surface area is 388 Å². The fraction of sp³-hybridized carbons (Fsp3) is 0.321. The third-order valence-electron chi connectivity index (χ3n) is 13.2. The first-order valence-electron chi connectivity index (χ1n) is 22.2. The van der Waals surface area contributed by atoms with Crippen LogP contribution in [0, 0.1) is 22.7 Å². The van der Waals surface area contributed by atoms with Crippen molar-refractivity contribution in [2.24, 2.45) is 0 Å². The predicted molar refractivity (Wildman–Crippen MR) is 254 cm³/mol. The zero-order valence-electron chi connectivity index (χ0n) is 39.1. The lowest BCUT2D eigenvalue weighted by Gasteiger charge is -2.43. The normalized spacial score (nSPS) is 14.6. The van der Waals surface area contributed by atoms with Crippen LogP contribution in [-0.4, -0.2) is 56.9 Å². The van der Waals surface area contributed by atoms with E-state index in [1.54, 1.807) is 56.9 Å². The average molecular weight is 885 g/mol. The number of unbranched alkanes of at least 4 members (excludes halogenated alkanes) is 3. The molecule has 0 unspecified atom stereocenters. The van der Waals surface area contributed by atoms with Crippen LogP contribution in [0.1, 0.15) is 115 Å². The first-order valence-corrected chi connectivity index (χ1v) is 22.2. The highest BCUT2D eigenvalue weighted by Crippen LogP contribution is 2.58. The molecule has 0 spiro atoms. The summed E-state index contributed by atoms with van der Waals surface area (Å²) in [5.41, 5.74) is 15.7. The zero-order valence-corrected chi connectivity index (χ0v) is 39.1. The summed E-state index contributed by atoms with van der Waals surface area (Å²) >= 11 is 0. The van der Waals surface area contributed by atoms with E-state index in [2.05, 4.69) is 84.9 Å². The van der Waals surface area contributed by atoms with Crippen LogP contribution in [0.25, 0.3) is 0 Å². The van der Waals surface area contributed by atoms with Crippen molar-refractivity contribution >= 4 is 0 Å². The molecule has 10 heteroatoms. The standard InChI is InChI=1S/C50H48O8.C6H8N2/c1-51-41-21-31-15-33-23-46(56-6)34(24-45(33)55-5)16-32-22-42(52-2)30(20-44(32)54-4)14-28-18-38-40(26-48(28)58-8)49-35-11-9-10-12-36(35)50(38)39-25-47(57-7)27(17-37(39)49)13-29(41)19-43(31)53-3;7-5-3-1-2-4-6-8/h9-12,17-26,49-50H,13-16H2,1-8H3;1-4H2/t49-,50-;/m1./s1. The molecule has 338 valence electrons. The molecular formula is C56H56N2O8. The third-order valence-corrected chi connectivity index (χ3v) is 13.2. The van der Waals surface area contributed by atoms with Crippen molar-refractivity contribution in [3.8, 4) is 58.1 Å². The van der Waals surface area contributed by atoms with Gasteiger partial charge in [-0.3, -0.25) is 0 Å². The summed E-state index contributed by atoms with van der Waals surface area (Å²) in [6.45, 7) is 0. The van der Waals surface area contributed by atoms with Crippen molar-refractivity contribution in [2.45, 2.75) is 63.2 Å². The molecule has 66 heavy (non-hydrogen) atoms. The molecule has 20 rings (SSSR count). The van der Waals surface area contributed by atoms with Crippen LogP contribution in [-0.2, 0) is 25.7 Å². The minimum atomic E-state index is 0.0232. The Morgan fingerprint density at radius 2 is 0.576 bits per heavy atom. The molecule has 0 aliphatic heterocycles. The fourth-order valence-corrected chi connectivity index (χ4v) is 10.1. The Morgan fingerprint density at radius 1 is 0.348 bits per heavy atom. The second-order valence-electron chi connectivity index (χ2n) is 16.7. The Kier molecular flexibility index (Phi) is 13.6. The summed E-state index contributed by atoms with van der Waals surface area (Å²) < 4.78 is 48.8. The lowest BCUT2D eigenvalue weighted by atomic mass is 9.60. The first kappa shape index (κ1) is 45.3. The summed E-state index contributed by atoms with van der Waals surface area (Å²) in [5.74, 6) is 6.27. The SMILES string of the molecule is COc1cc2c(OC)cc1Cc1cc(OC)c(cc1OC)Cc1cc3c(cc1OC)[C@@H]1c4ccccc4[C@H]3c3cc(OC)c(cc31)Cc1cc(OC)c(cc1OC)C2.N#CCCCCC#N. The second-order valence-corrected chi connectivity index (χ2v) is 16.7. The summed E-state index contributed by atoms with van der Waals surface area (Å²) in [6.07, 6.45) is 5.12. The van der Waals surface area contributed by atoms with E-state index in [0.717, 1.165) is 103 Å². The lowest BCUT2D eigenvalue weighted by Crippen LogP contribution is -2.28. The summed E-state index contributed by atoms with van der Waals surface area (Å²) in [4.78, 5) is 0. The van der Waals surface area contributed by atoms with Crippen LogP contribution in [0.4, 0.5) is 0 Å². The molecule has 0 saturated heterocycles. The first-order chi connectivity index (χ1) is 32.3. The Bertz CT molecular complexity index is 2680. The van der Waals surface area contributed by atoms with Gasteiger partial charge in [0.15, 0.2) is 0 Å². The number of hydrogen-bond acceptors (Lipinski definition) is 10. The van der Waals surface area contributed by atoms with Gasteiger partial charge in [0.25, 0.3) is 0 Å². The molecule has 0 N–H and O–H groups in total. The number of nitriles is 2. The predicted octanol–water partition coefficient (Wildman–Crippen LogP) is 11.0. The van der Waals surface area contributed by atoms with Gasteiger partial charge in [-0.05, 0) is 106 Å². The van der Waals surface area contributed by atoms with Crippen LogP contribution in [0.5, 0.6) is 46.0 Å². The van der Waals surface area contributed by atoms with Gasteiger partial charge < -0.3 is 37.9 Å². The average Bonchev–Trinajstić information content (AvgIpc) is 3.35. The van der Waals surface area contributed by atoms with Crippen molar-refractivity contribution in [2.75, 3.05) is 56.9 Å². The van der Waals surface area contributed by atoms with Gasteiger partial charge in [0.1, 0.15) is 46.0 Å². The molecular weight excluding hydrogens is 829 g/mol. The highest BCUT2D eigenvalue weighted by Gasteiger charge is 2.42. The number of methoxy groups -OCH3 is 8. The monoisotopic (exact) mass is 884 g/mol. The van der Waals surface area contributed by atoms with Crippen molar-refractivity contribution in [1.29, 1.82) is 10.5 Å². The topological polar surface area (TPSA) is 121 Å².